The molecule has 0 spiro atoms. The SMILES string of the molecule is CC(=O)NCC(C)CNc1cc(-c2ccc(C)c(F)c2)ncn1. The lowest BCUT2D eigenvalue weighted by Crippen LogP contribution is -2.29. The molecule has 1 aromatic carbocycles. The molecule has 0 saturated heterocycles. The summed E-state index contributed by atoms with van der Waals surface area (Å²) in [7, 11) is 0. The summed E-state index contributed by atoms with van der Waals surface area (Å²) < 4.78 is 13.7. The van der Waals surface area contributed by atoms with E-state index in [1.807, 2.05) is 13.0 Å². The van der Waals surface area contributed by atoms with Gasteiger partial charge in [-0.2, -0.15) is 0 Å². The summed E-state index contributed by atoms with van der Waals surface area (Å²) in [5.74, 6) is 0.641. The van der Waals surface area contributed by atoms with Crippen LogP contribution in [0, 0.1) is 18.7 Å². The molecule has 5 nitrogen and oxygen atoms in total. The highest BCUT2D eigenvalue weighted by molar-refractivity contribution is 5.72. The molecule has 0 aliphatic heterocycles. The largest absolute Gasteiger partial charge is 0.370 e. The molecule has 23 heavy (non-hydrogen) atoms. The molecule has 1 amide bonds. The third-order valence-corrected chi connectivity index (χ3v) is 3.47. The smallest absolute Gasteiger partial charge is 0.216 e. The maximum absolute atomic E-state index is 13.7. The molecule has 1 atom stereocenters. The van der Waals surface area contributed by atoms with Gasteiger partial charge in [-0.15, -0.1) is 0 Å². The molecule has 1 unspecified atom stereocenters. The van der Waals surface area contributed by atoms with Crippen molar-refractivity contribution in [3.63, 3.8) is 0 Å². The van der Waals surface area contributed by atoms with Gasteiger partial charge in [-0.1, -0.05) is 19.1 Å². The number of rotatable bonds is 6. The average molecular weight is 316 g/mol. The van der Waals surface area contributed by atoms with Gasteiger partial charge in [0.25, 0.3) is 0 Å². The Morgan fingerprint density at radius 1 is 1.26 bits per heavy atom. The molecule has 1 heterocycles. The van der Waals surface area contributed by atoms with Crippen LogP contribution >= 0.6 is 0 Å². The van der Waals surface area contributed by atoms with Crippen LogP contribution in [-0.2, 0) is 4.79 Å². The number of nitrogens with zero attached hydrogens (tertiary/aromatic N) is 2. The molecule has 0 bridgehead atoms. The average Bonchev–Trinajstić information content (AvgIpc) is 2.54. The third kappa shape index (κ3) is 5.02. The van der Waals surface area contributed by atoms with Gasteiger partial charge in [0, 0.05) is 31.6 Å². The Balaban J connectivity index is 2.02. The zero-order valence-electron chi connectivity index (χ0n) is 13.6. The van der Waals surface area contributed by atoms with E-state index in [1.54, 1.807) is 19.1 Å². The van der Waals surface area contributed by atoms with E-state index in [-0.39, 0.29) is 17.6 Å². The van der Waals surface area contributed by atoms with Gasteiger partial charge in [-0.05, 0) is 24.5 Å². The maximum Gasteiger partial charge on any atom is 0.216 e. The molecule has 0 saturated carbocycles. The number of amides is 1. The summed E-state index contributed by atoms with van der Waals surface area (Å²) in [4.78, 5) is 19.3. The zero-order valence-corrected chi connectivity index (χ0v) is 13.6. The molecule has 0 aliphatic rings. The molecule has 6 heteroatoms. The molecular formula is C17H21FN4O. The number of anilines is 1. The molecule has 2 aromatic rings. The van der Waals surface area contributed by atoms with Crippen LogP contribution in [0.3, 0.4) is 0 Å². The normalized spacial score (nSPS) is 11.8. The van der Waals surface area contributed by atoms with E-state index in [1.165, 1.54) is 19.3 Å². The molecule has 0 radical (unpaired) electrons. The van der Waals surface area contributed by atoms with Gasteiger partial charge < -0.3 is 10.6 Å². The van der Waals surface area contributed by atoms with Gasteiger partial charge in [0.15, 0.2) is 0 Å². The van der Waals surface area contributed by atoms with Crippen LogP contribution in [0.4, 0.5) is 10.2 Å². The van der Waals surface area contributed by atoms with Crippen molar-refractivity contribution in [1.82, 2.24) is 15.3 Å². The van der Waals surface area contributed by atoms with Gasteiger partial charge in [-0.3, -0.25) is 4.79 Å². The summed E-state index contributed by atoms with van der Waals surface area (Å²) in [6.07, 6.45) is 1.45. The summed E-state index contributed by atoms with van der Waals surface area (Å²) in [6, 6.07) is 6.83. The van der Waals surface area contributed by atoms with Crippen LogP contribution in [-0.4, -0.2) is 29.0 Å². The number of benzene rings is 1. The number of carbonyl (C=O) groups excluding carboxylic acids is 1. The summed E-state index contributed by atoms with van der Waals surface area (Å²) in [5, 5.41) is 5.99. The topological polar surface area (TPSA) is 66.9 Å². The minimum Gasteiger partial charge on any atom is -0.370 e. The highest BCUT2D eigenvalue weighted by Gasteiger charge is 2.07. The Morgan fingerprint density at radius 3 is 2.74 bits per heavy atom. The number of aromatic nitrogens is 2. The molecule has 2 N–H and O–H groups in total. The Kier molecular flexibility index (Phi) is 5.62. The first-order chi connectivity index (χ1) is 11.0. The second kappa shape index (κ2) is 7.67. The van der Waals surface area contributed by atoms with Crippen molar-refractivity contribution in [2.24, 2.45) is 5.92 Å². The zero-order chi connectivity index (χ0) is 16.8. The van der Waals surface area contributed by atoms with Crippen molar-refractivity contribution in [2.75, 3.05) is 18.4 Å². The standard InChI is InChI=1S/C17H21FN4O/c1-11(8-19-13(3)23)9-20-17-7-16(21-10-22-17)14-5-4-12(2)15(18)6-14/h4-7,10-11H,8-9H2,1-3H3,(H,19,23)(H,20,21,22). The Hall–Kier alpha value is -2.50. The lowest BCUT2D eigenvalue weighted by atomic mass is 10.1. The highest BCUT2D eigenvalue weighted by Crippen LogP contribution is 2.21. The number of halogens is 1. The molecule has 0 aliphatic carbocycles. The highest BCUT2D eigenvalue weighted by atomic mass is 19.1. The number of hydrogen-bond donors (Lipinski definition) is 2. The van der Waals surface area contributed by atoms with Gasteiger partial charge in [-0.25, -0.2) is 14.4 Å². The van der Waals surface area contributed by atoms with Gasteiger partial charge in [0.2, 0.25) is 5.91 Å². The maximum atomic E-state index is 13.7. The van der Waals surface area contributed by atoms with E-state index in [0.29, 0.717) is 35.7 Å². The number of aryl methyl sites for hydroxylation is 1. The second-order valence-electron chi connectivity index (χ2n) is 5.68. The van der Waals surface area contributed by atoms with Gasteiger partial charge in [0.05, 0.1) is 5.69 Å². The van der Waals surface area contributed by atoms with Crippen LogP contribution in [0.5, 0.6) is 0 Å². The molecule has 1 aromatic heterocycles. The summed E-state index contributed by atoms with van der Waals surface area (Å²) in [5.41, 5.74) is 1.98. The number of hydrogen-bond acceptors (Lipinski definition) is 4. The fourth-order valence-corrected chi connectivity index (χ4v) is 2.03. The van der Waals surface area contributed by atoms with E-state index < -0.39 is 0 Å². The summed E-state index contributed by atoms with van der Waals surface area (Å²) >= 11 is 0. The lowest BCUT2D eigenvalue weighted by molar-refractivity contribution is -0.119. The van der Waals surface area contributed by atoms with Gasteiger partial charge >= 0.3 is 0 Å². The summed E-state index contributed by atoms with van der Waals surface area (Å²) in [6.45, 7) is 6.52. The predicted molar refractivity (Wildman–Crippen MR) is 88.5 cm³/mol. The van der Waals surface area contributed by atoms with Crippen molar-refractivity contribution in [1.29, 1.82) is 0 Å². The van der Waals surface area contributed by atoms with Crippen LogP contribution in [0.15, 0.2) is 30.6 Å². The number of nitrogens with one attached hydrogen (secondary N) is 2. The fourth-order valence-electron chi connectivity index (χ4n) is 2.03. The van der Waals surface area contributed by atoms with Crippen LogP contribution in [0.1, 0.15) is 19.4 Å². The molecule has 2 rings (SSSR count). The quantitative estimate of drug-likeness (QED) is 0.860. The Morgan fingerprint density at radius 2 is 2.04 bits per heavy atom. The minimum atomic E-state index is -0.250. The third-order valence-electron chi connectivity index (χ3n) is 3.47. The monoisotopic (exact) mass is 316 g/mol. The predicted octanol–water partition coefficient (Wildman–Crippen LogP) is 2.78. The second-order valence-corrected chi connectivity index (χ2v) is 5.68. The Labute approximate surface area is 135 Å². The number of carbonyl (C=O) groups is 1. The molecule has 122 valence electrons. The first kappa shape index (κ1) is 16.9. The first-order valence-corrected chi connectivity index (χ1v) is 7.52. The van der Waals surface area contributed by atoms with Crippen LogP contribution < -0.4 is 10.6 Å². The van der Waals surface area contributed by atoms with E-state index in [4.69, 9.17) is 0 Å². The van der Waals surface area contributed by atoms with E-state index in [0.717, 1.165) is 0 Å². The fraction of sp³-hybridized carbons (Fsp3) is 0.353. The van der Waals surface area contributed by atoms with Crippen molar-refractivity contribution < 1.29 is 9.18 Å². The van der Waals surface area contributed by atoms with Crippen molar-refractivity contribution in [3.8, 4) is 11.3 Å². The minimum absolute atomic E-state index is 0.0393. The Bertz CT molecular complexity index is 690. The molecular weight excluding hydrogens is 295 g/mol. The van der Waals surface area contributed by atoms with Crippen LogP contribution in [0.2, 0.25) is 0 Å². The lowest BCUT2D eigenvalue weighted by Gasteiger charge is -2.13. The van der Waals surface area contributed by atoms with E-state index in [2.05, 4.69) is 20.6 Å². The first-order valence-electron chi connectivity index (χ1n) is 7.52. The van der Waals surface area contributed by atoms with E-state index in [9.17, 15) is 9.18 Å². The van der Waals surface area contributed by atoms with Crippen molar-refractivity contribution in [2.45, 2.75) is 20.8 Å². The van der Waals surface area contributed by atoms with Crippen molar-refractivity contribution in [3.05, 3.63) is 42.0 Å². The van der Waals surface area contributed by atoms with E-state index >= 15 is 0 Å². The molecule has 0 fully saturated rings. The van der Waals surface area contributed by atoms with Gasteiger partial charge in [0.1, 0.15) is 18.0 Å². The van der Waals surface area contributed by atoms with Crippen molar-refractivity contribution >= 4 is 11.7 Å². The van der Waals surface area contributed by atoms with Crippen LogP contribution in [0.25, 0.3) is 11.3 Å².